The highest BCUT2D eigenvalue weighted by atomic mass is 127. The molecule has 128 valence electrons. The molecular formula is C18H20F2IN3. The Kier molecular flexibility index (Phi) is 6.53. The minimum absolute atomic E-state index is 0. The lowest BCUT2D eigenvalue weighted by atomic mass is 9.90. The van der Waals surface area contributed by atoms with E-state index in [9.17, 15) is 8.78 Å². The molecule has 0 amide bonds. The molecule has 2 aromatic rings. The van der Waals surface area contributed by atoms with Gasteiger partial charge in [0.15, 0.2) is 5.96 Å². The molecule has 0 atom stereocenters. The number of nitrogens with one attached hydrogen (secondary N) is 1. The molecule has 0 heterocycles. The first kappa shape index (κ1) is 18.6. The van der Waals surface area contributed by atoms with Gasteiger partial charge in [0.25, 0.3) is 0 Å². The minimum atomic E-state index is -0.486. The van der Waals surface area contributed by atoms with Gasteiger partial charge in [-0.15, -0.1) is 24.0 Å². The van der Waals surface area contributed by atoms with Crippen LogP contribution < -0.4 is 11.1 Å². The van der Waals surface area contributed by atoms with Crippen LogP contribution in [0.3, 0.4) is 0 Å². The van der Waals surface area contributed by atoms with Crippen molar-refractivity contribution in [2.75, 3.05) is 5.32 Å². The lowest BCUT2D eigenvalue weighted by Gasteiger charge is -2.19. The molecule has 3 nitrogen and oxygen atoms in total. The van der Waals surface area contributed by atoms with Gasteiger partial charge in [-0.05, 0) is 61.1 Å². The lowest BCUT2D eigenvalue weighted by Crippen LogP contribution is -2.24. The van der Waals surface area contributed by atoms with Crippen LogP contribution in [0.1, 0.15) is 29.5 Å². The predicted molar refractivity (Wildman–Crippen MR) is 104 cm³/mol. The number of nitrogens with two attached hydrogens (primary N) is 1. The molecule has 24 heavy (non-hydrogen) atoms. The van der Waals surface area contributed by atoms with Gasteiger partial charge in [0, 0.05) is 11.3 Å². The average Bonchev–Trinajstić information content (AvgIpc) is 2.56. The van der Waals surface area contributed by atoms with Crippen LogP contribution in [-0.2, 0) is 19.4 Å². The maximum Gasteiger partial charge on any atom is 0.193 e. The van der Waals surface area contributed by atoms with Crippen molar-refractivity contribution >= 4 is 35.6 Å². The fourth-order valence-electron chi connectivity index (χ4n) is 2.91. The number of benzene rings is 2. The van der Waals surface area contributed by atoms with Gasteiger partial charge in [-0.2, -0.15) is 0 Å². The highest BCUT2D eigenvalue weighted by Gasteiger charge is 2.13. The Hall–Kier alpha value is -1.70. The van der Waals surface area contributed by atoms with Crippen molar-refractivity contribution in [3.8, 4) is 0 Å². The molecule has 2 aromatic carbocycles. The second kappa shape index (κ2) is 8.41. The zero-order chi connectivity index (χ0) is 16.2. The van der Waals surface area contributed by atoms with Gasteiger partial charge in [0.1, 0.15) is 11.6 Å². The molecule has 0 fully saturated rings. The standard InChI is InChI=1S/C18H19F2N3.HI/c19-14-8-9-16(20)13(10-14)11-22-18(21)23-17-7-3-5-12-4-1-2-6-15(12)17;/h3,5,7-10H,1-2,4,6,11H2,(H3,21,22,23);1H. The number of hydrogen-bond donors (Lipinski definition) is 2. The Morgan fingerprint density at radius 1 is 1.12 bits per heavy atom. The summed E-state index contributed by atoms with van der Waals surface area (Å²) in [4.78, 5) is 4.12. The molecular weight excluding hydrogens is 423 g/mol. The highest BCUT2D eigenvalue weighted by Crippen LogP contribution is 2.27. The molecule has 3 rings (SSSR count). The maximum absolute atomic E-state index is 13.6. The third kappa shape index (κ3) is 4.43. The van der Waals surface area contributed by atoms with E-state index in [-0.39, 0.29) is 42.0 Å². The quantitative estimate of drug-likeness (QED) is 0.420. The van der Waals surface area contributed by atoms with Gasteiger partial charge in [-0.1, -0.05) is 12.1 Å². The summed E-state index contributed by atoms with van der Waals surface area (Å²) >= 11 is 0. The number of aliphatic imine (C=N–C) groups is 1. The average molecular weight is 443 g/mol. The molecule has 0 bridgehead atoms. The summed E-state index contributed by atoms with van der Waals surface area (Å²) in [7, 11) is 0. The summed E-state index contributed by atoms with van der Waals surface area (Å²) < 4.78 is 26.7. The Morgan fingerprint density at radius 3 is 2.75 bits per heavy atom. The molecule has 3 N–H and O–H groups in total. The van der Waals surface area contributed by atoms with Crippen LogP contribution in [0.4, 0.5) is 14.5 Å². The Labute approximate surface area is 157 Å². The molecule has 0 unspecified atom stereocenters. The number of halogens is 3. The van der Waals surface area contributed by atoms with Gasteiger partial charge in [0.05, 0.1) is 6.54 Å². The number of aryl methyl sites for hydroxylation is 1. The van der Waals surface area contributed by atoms with Gasteiger partial charge >= 0.3 is 0 Å². The van der Waals surface area contributed by atoms with Crippen molar-refractivity contribution in [3.63, 3.8) is 0 Å². The van der Waals surface area contributed by atoms with E-state index in [1.54, 1.807) is 0 Å². The van der Waals surface area contributed by atoms with E-state index in [1.165, 1.54) is 17.5 Å². The van der Waals surface area contributed by atoms with Crippen molar-refractivity contribution in [2.45, 2.75) is 32.2 Å². The van der Waals surface area contributed by atoms with Gasteiger partial charge in [-0.25, -0.2) is 13.8 Å². The Balaban J connectivity index is 0.00000208. The number of rotatable bonds is 3. The Bertz CT molecular complexity index is 747. The summed E-state index contributed by atoms with van der Waals surface area (Å²) in [6.45, 7) is -0.00253. The molecule has 0 radical (unpaired) electrons. The fraction of sp³-hybridized carbons (Fsp3) is 0.278. The molecule has 0 saturated carbocycles. The summed E-state index contributed by atoms with van der Waals surface area (Å²) in [5.74, 6) is -0.770. The van der Waals surface area contributed by atoms with E-state index < -0.39 is 11.6 Å². The van der Waals surface area contributed by atoms with Crippen molar-refractivity contribution in [1.82, 2.24) is 0 Å². The zero-order valence-corrected chi connectivity index (χ0v) is 15.5. The van der Waals surface area contributed by atoms with Crippen LogP contribution in [0.2, 0.25) is 0 Å². The smallest absolute Gasteiger partial charge is 0.193 e. The summed E-state index contributed by atoms with van der Waals surface area (Å²) in [5, 5.41) is 3.09. The number of nitrogens with zero attached hydrogens (tertiary/aromatic N) is 1. The minimum Gasteiger partial charge on any atom is -0.370 e. The third-order valence-corrected chi connectivity index (χ3v) is 4.09. The van der Waals surface area contributed by atoms with E-state index in [0.29, 0.717) is 0 Å². The summed E-state index contributed by atoms with van der Waals surface area (Å²) in [5.41, 5.74) is 9.64. The maximum atomic E-state index is 13.6. The fourth-order valence-corrected chi connectivity index (χ4v) is 2.91. The number of fused-ring (bicyclic) bond motifs is 1. The van der Waals surface area contributed by atoms with Gasteiger partial charge in [0.2, 0.25) is 0 Å². The molecule has 0 spiro atoms. The van der Waals surface area contributed by atoms with Crippen LogP contribution in [-0.4, -0.2) is 5.96 Å². The number of anilines is 1. The van der Waals surface area contributed by atoms with Crippen molar-refractivity contribution < 1.29 is 8.78 Å². The molecule has 1 aliphatic rings. The van der Waals surface area contributed by atoms with Crippen LogP contribution in [0.5, 0.6) is 0 Å². The summed E-state index contributed by atoms with van der Waals surface area (Å²) in [6.07, 6.45) is 4.47. The van der Waals surface area contributed by atoms with Crippen LogP contribution in [0.25, 0.3) is 0 Å². The monoisotopic (exact) mass is 443 g/mol. The first-order chi connectivity index (χ1) is 11.1. The first-order valence-electron chi connectivity index (χ1n) is 7.75. The Morgan fingerprint density at radius 2 is 1.92 bits per heavy atom. The number of guanidine groups is 1. The second-order valence-corrected chi connectivity index (χ2v) is 5.71. The largest absolute Gasteiger partial charge is 0.370 e. The zero-order valence-electron chi connectivity index (χ0n) is 13.2. The third-order valence-electron chi connectivity index (χ3n) is 4.09. The number of hydrogen-bond acceptors (Lipinski definition) is 1. The van der Waals surface area contributed by atoms with Crippen molar-refractivity contribution in [2.24, 2.45) is 10.7 Å². The highest BCUT2D eigenvalue weighted by molar-refractivity contribution is 14.0. The van der Waals surface area contributed by atoms with Crippen molar-refractivity contribution in [1.29, 1.82) is 0 Å². The predicted octanol–water partition coefficient (Wildman–Crippen LogP) is 4.39. The second-order valence-electron chi connectivity index (χ2n) is 5.71. The molecule has 0 aliphatic heterocycles. The van der Waals surface area contributed by atoms with E-state index in [2.05, 4.69) is 16.4 Å². The first-order valence-corrected chi connectivity index (χ1v) is 7.75. The van der Waals surface area contributed by atoms with Crippen LogP contribution in [0.15, 0.2) is 41.4 Å². The molecule has 1 aliphatic carbocycles. The molecule has 6 heteroatoms. The van der Waals surface area contributed by atoms with E-state index >= 15 is 0 Å². The van der Waals surface area contributed by atoms with Gasteiger partial charge < -0.3 is 11.1 Å². The normalized spacial score (nSPS) is 13.8. The van der Waals surface area contributed by atoms with E-state index in [0.717, 1.165) is 43.1 Å². The lowest BCUT2D eigenvalue weighted by molar-refractivity contribution is 0.586. The van der Waals surface area contributed by atoms with Crippen LogP contribution in [0, 0.1) is 11.6 Å². The van der Waals surface area contributed by atoms with Crippen molar-refractivity contribution in [3.05, 3.63) is 64.7 Å². The van der Waals surface area contributed by atoms with E-state index in [1.807, 2.05) is 12.1 Å². The molecule has 0 aromatic heterocycles. The summed E-state index contributed by atoms with van der Waals surface area (Å²) in [6, 6.07) is 9.41. The van der Waals surface area contributed by atoms with Crippen LogP contribution >= 0.6 is 24.0 Å². The molecule has 0 saturated heterocycles. The SMILES string of the molecule is I.NC(=NCc1cc(F)ccc1F)Nc1cccc2c1CCCC2. The topological polar surface area (TPSA) is 50.4 Å². The van der Waals surface area contributed by atoms with E-state index in [4.69, 9.17) is 5.73 Å². The van der Waals surface area contributed by atoms with Gasteiger partial charge in [-0.3, -0.25) is 0 Å².